The molecule has 2 aromatic heterocycles. The quantitative estimate of drug-likeness (QED) is 0.707. The van der Waals surface area contributed by atoms with Crippen molar-refractivity contribution in [3.05, 3.63) is 71.8 Å². The fraction of sp³-hybridized carbons (Fsp3) is 0.222. The molecule has 0 unspecified atom stereocenters. The molecule has 3 aromatic rings. The molecule has 26 heavy (non-hydrogen) atoms. The number of carbonyl (C=O) groups excluding carboxylic acids is 2. The molecule has 1 aliphatic heterocycles. The maximum Gasteiger partial charge on any atom is 0.325 e. The molecule has 1 atom stereocenters. The standard InChI is InChI=1S/C18H16N4O4/c1-18(13-8-5-9-25-13)16(23)22(17(24)20-18)11-15-19-14(21-26-15)10-12-6-3-2-4-7-12/h2-9H,10-11H2,1H3,(H,20,24)/t18-/m1/s1. The van der Waals surface area contributed by atoms with Gasteiger partial charge in [-0.1, -0.05) is 35.5 Å². The summed E-state index contributed by atoms with van der Waals surface area (Å²) in [7, 11) is 0. The first kappa shape index (κ1) is 16.1. The fourth-order valence-corrected chi connectivity index (χ4v) is 2.91. The van der Waals surface area contributed by atoms with Gasteiger partial charge in [-0.05, 0) is 24.6 Å². The van der Waals surface area contributed by atoms with Crippen molar-refractivity contribution in [1.82, 2.24) is 20.4 Å². The molecule has 0 bridgehead atoms. The molecule has 3 heterocycles. The van der Waals surface area contributed by atoms with Gasteiger partial charge in [0.1, 0.15) is 12.3 Å². The number of hydrogen-bond acceptors (Lipinski definition) is 6. The Balaban J connectivity index is 1.49. The second-order valence-electron chi connectivity index (χ2n) is 6.19. The van der Waals surface area contributed by atoms with Gasteiger partial charge in [-0.3, -0.25) is 9.69 Å². The normalized spacial score (nSPS) is 19.8. The zero-order chi connectivity index (χ0) is 18.1. The maximum absolute atomic E-state index is 12.7. The van der Waals surface area contributed by atoms with Gasteiger partial charge in [0, 0.05) is 6.42 Å². The van der Waals surface area contributed by atoms with Gasteiger partial charge in [0.05, 0.1) is 6.26 Å². The lowest BCUT2D eigenvalue weighted by atomic mass is 9.99. The molecule has 1 aromatic carbocycles. The minimum Gasteiger partial charge on any atom is -0.466 e. The first-order valence-electron chi connectivity index (χ1n) is 8.10. The SMILES string of the molecule is C[C@]1(c2ccco2)NC(=O)N(Cc2nc(Cc3ccccc3)no2)C1=O. The van der Waals surface area contributed by atoms with Crippen LogP contribution in [0.5, 0.6) is 0 Å². The summed E-state index contributed by atoms with van der Waals surface area (Å²) < 4.78 is 10.5. The number of hydrogen-bond donors (Lipinski definition) is 1. The summed E-state index contributed by atoms with van der Waals surface area (Å²) in [6, 6.07) is 12.5. The molecule has 8 heteroatoms. The summed E-state index contributed by atoms with van der Waals surface area (Å²) in [5.74, 6) is 0.629. The van der Waals surface area contributed by atoms with E-state index in [1.54, 1.807) is 19.1 Å². The number of furan rings is 1. The minimum absolute atomic E-state index is 0.0945. The van der Waals surface area contributed by atoms with Gasteiger partial charge in [-0.2, -0.15) is 4.98 Å². The monoisotopic (exact) mass is 352 g/mol. The van der Waals surface area contributed by atoms with Crippen molar-refractivity contribution in [3.63, 3.8) is 0 Å². The second-order valence-corrected chi connectivity index (χ2v) is 6.19. The Hall–Kier alpha value is -3.42. The van der Waals surface area contributed by atoms with Gasteiger partial charge >= 0.3 is 6.03 Å². The van der Waals surface area contributed by atoms with Gasteiger partial charge in [-0.15, -0.1) is 0 Å². The Kier molecular flexibility index (Phi) is 3.80. The Morgan fingerprint density at radius 2 is 1.96 bits per heavy atom. The van der Waals surface area contributed by atoms with E-state index in [2.05, 4.69) is 15.5 Å². The van der Waals surface area contributed by atoms with E-state index in [1.165, 1.54) is 6.26 Å². The van der Waals surface area contributed by atoms with Crippen molar-refractivity contribution in [2.75, 3.05) is 0 Å². The molecule has 8 nitrogen and oxygen atoms in total. The number of imide groups is 1. The second kappa shape index (κ2) is 6.14. The summed E-state index contributed by atoms with van der Waals surface area (Å²) in [5, 5.41) is 6.57. The van der Waals surface area contributed by atoms with E-state index in [0.717, 1.165) is 10.5 Å². The fourth-order valence-electron chi connectivity index (χ4n) is 2.91. The van der Waals surface area contributed by atoms with E-state index in [0.29, 0.717) is 18.0 Å². The van der Waals surface area contributed by atoms with Gasteiger partial charge in [0.15, 0.2) is 11.4 Å². The Morgan fingerprint density at radius 3 is 2.69 bits per heavy atom. The number of urea groups is 1. The van der Waals surface area contributed by atoms with E-state index in [9.17, 15) is 9.59 Å². The van der Waals surface area contributed by atoms with Crippen LogP contribution in [0.2, 0.25) is 0 Å². The smallest absolute Gasteiger partial charge is 0.325 e. The van der Waals surface area contributed by atoms with Gasteiger partial charge in [0.2, 0.25) is 5.89 Å². The third kappa shape index (κ3) is 2.75. The third-order valence-corrected chi connectivity index (χ3v) is 4.30. The predicted octanol–water partition coefficient (Wildman–Crippen LogP) is 2.22. The molecule has 0 aliphatic carbocycles. The highest BCUT2D eigenvalue weighted by Crippen LogP contribution is 2.29. The molecule has 0 saturated carbocycles. The van der Waals surface area contributed by atoms with Crippen LogP contribution in [0.25, 0.3) is 0 Å². The summed E-state index contributed by atoms with van der Waals surface area (Å²) in [6.07, 6.45) is 1.96. The first-order chi connectivity index (χ1) is 12.6. The molecule has 3 amide bonds. The summed E-state index contributed by atoms with van der Waals surface area (Å²) in [4.78, 5) is 30.3. The van der Waals surface area contributed by atoms with Crippen LogP contribution in [0.3, 0.4) is 0 Å². The lowest BCUT2D eigenvalue weighted by Gasteiger charge is -2.18. The molecule has 1 fully saturated rings. The van der Waals surface area contributed by atoms with Crippen molar-refractivity contribution >= 4 is 11.9 Å². The number of nitrogens with one attached hydrogen (secondary N) is 1. The van der Waals surface area contributed by atoms with Crippen LogP contribution in [0.4, 0.5) is 4.79 Å². The predicted molar refractivity (Wildman–Crippen MR) is 88.7 cm³/mol. The summed E-state index contributed by atoms with van der Waals surface area (Å²) >= 11 is 0. The molecule has 1 saturated heterocycles. The zero-order valence-corrected chi connectivity index (χ0v) is 14.0. The molecular weight excluding hydrogens is 336 g/mol. The van der Waals surface area contributed by atoms with Crippen LogP contribution in [0.1, 0.15) is 30.0 Å². The average molecular weight is 352 g/mol. The van der Waals surface area contributed by atoms with Gasteiger partial charge in [-0.25, -0.2) is 4.79 Å². The van der Waals surface area contributed by atoms with E-state index >= 15 is 0 Å². The largest absolute Gasteiger partial charge is 0.466 e. The number of nitrogens with zero attached hydrogens (tertiary/aromatic N) is 3. The molecule has 4 rings (SSSR count). The Morgan fingerprint density at radius 1 is 1.15 bits per heavy atom. The van der Waals surface area contributed by atoms with Crippen molar-refractivity contribution in [2.24, 2.45) is 0 Å². The zero-order valence-electron chi connectivity index (χ0n) is 14.0. The average Bonchev–Trinajstić information content (AvgIpc) is 3.35. The maximum atomic E-state index is 12.7. The van der Waals surface area contributed by atoms with Crippen molar-refractivity contribution < 1.29 is 18.5 Å². The highest BCUT2D eigenvalue weighted by Gasteiger charge is 2.51. The highest BCUT2D eigenvalue weighted by molar-refractivity contribution is 6.06. The van der Waals surface area contributed by atoms with Crippen molar-refractivity contribution in [3.8, 4) is 0 Å². The Labute approximate surface area is 148 Å². The third-order valence-electron chi connectivity index (χ3n) is 4.30. The Bertz CT molecular complexity index is 935. The number of rotatable bonds is 5. The molecule has 1 N–H and O–H groups in total. The van der Waals surface area contributed by atoms with Crippen molar-refractivity contribution in [2.45, 2.75) is 25.4 Å². The number of benzene rings is 1. The lowest BCUT2D eigenvalue weighted by molar-refractivity contribution is -0.132. The van der Waals surface area contributed by atoms with Crippen LogP contribution in [-0.4, -0.2) is 27.0 Å². The van der Waals surface area contributed by atoms with E-state index in [4.69, 9.17) is 8.94 Å². The van der Waals surface area contributed by atoms with Crippen LogP contribution < -0.4 is 5.32 Å². The van der Waals surface area contributed by atoms with E-state index < -0.39 is 17.5 Å². The summed E-state index contributed by atoms with van der Waals surface area (Å²) in [6.45, 7) is 1.50. The highest BCUT2D eigenvalue weighted by atomic mass is 16.5. The molecule has 132 valence electrons. The van der Waals surface area contributed by atoms with E-state index in [1.807, 2.05) is 30.3 Å². The minimum atomic E-state index is -1.24. The number of carbonyl (C=O) groups is 2. The van der Waals surface area contributed by atoms with Crippen LogP contribution >= 0.6 is 0 Å². The van der Waals surface area contributed by atoms with Crippen LogP contribution in [0, 0.1) is 0 Å². The van der Waals surface area contributed by atoms with Gasteiger partial charge in [0.25, 0.3) is 5.91 Å². The molecule has 0 spiro atoms. The molecular formula is C18H16N4O4. The topological polar surface area (TPSA) is 101 Å². The van der Waals surface area contributed by atoms with Crippen LogP contribution in [0.15, 0.2) is 57.7 Å². The van der Waals surface area contributed by atoms with Crippen molar-refractivity contribution in [1.29, 1.82) is 0 Å². The number of amides is 3. The lowest BCUT2D eigenvalue weighted by Crippen LogP contribution is -2.40. The van der Waals surface area contributed by atoms with Gasteiger partial charge < -0.3 is 14.3 Å². The van der Waals surface area contributed by atoms with E-state index in [-0.39, 0.29) is 12.4 Å². The first-order valence-corrected chi connectivity index (χ1v) is 8.10. The summed E-state index contributed by atoms with van der Waals surface area (Å²) in [5.41, 5.74) is -0.201. The van der Waals surface area contributed by atoms with Crippen LogP contribution in [-0.2, 0) is 23.3 Å². The number of aromatic nitrogens is 2. The molecule has 0 radical (unpaired) electrons. The molecule has 1 aliphatic rings.